The maximum absolute atomic E-state index is 12.7. The minimum atomic E-state index is -4.60. The molecule has 2 unspecified atom stereocenters. The second-order valence-electron chi connectivity index (χ2n) is 6.47. The number of aliphatic hydroxyl groups excluding tert-OH is 2. The summed E-state index contributed by atoms with van der Waals surface area (Å²) in [6, 6.07) is 2.75. The molecule has 1 rings (SSSR count). The number of rotatable bonds is 5. The SMILES string of the molecule is CC(C)(C)OC(=O)NCCC(O)C(O)c1ccc(C(F)(F)F)c(Cl)c1. The molecule has 2 atom stereocenters. The molecule has 1 aromatic carbocycles. The van der Waals surface area contributed by atoms with Crippen molar-refractivity contribution in [3.05, 3.63) is 34.3 Å². The summed E-state index contributed by atoms with van der Waals surface area (Å²) in [5.41, 5.74) is -1.65. The van der Waals surface area contributed by atoms with E-state index in [4.69, 9.17) is 16.3 Å². The third-order valence-corrected chi connectivity index (χ3v) is 3.43. The van der Waals surface area contributed by atoms with Crippen LogP contribution in [0.5, 0.6) is 0 Å². The maximum atomic E-state index is 12.7. The van der Waals surface area contributed by atoms with Crippen molar-refractivity contribution in [3.8, 4) is 0 Å². The summed E-state index contributed by atoms with van der Waals surface area (Å²) < 4.78 is 43.0. The molecule has 0 saturated heterocycles. The van der Waals surface area contributed by atoms with E-state index in [0.29, 0.717) is 0 Å². The van der Waals surface area contributed by atoms with Crippen LogP contribution >= 0.6 is 11.6 Å². The van der Waals surface area contributed by atoms with Crippen LogP contribution in [0.1, 0.15) is 44.4 Å². The number of nitrogens with one attached hydrogen (secondary N) is 1. The molecule has 5 nitrogen and oxygen atoms in total. The van der Waals surface area contributed by atoms with Crippen LogP contribution in [0.4, 0.5) is 18.0 Å². The lowest BCUT2D eigenvalue weighted by atomic mass is 10.0. The topological polar surface area (TPSA) is 78.8 Å². The van der Waals surface area contributed by atoms with E-state index in [1.54, 1.807) is 20.8 Å². The monoisotopic (exact) mass is 383 g/mol. The molecule has 1 aromatic rings. The van der Waals surface area contributed by atoms with Gasteiger partial charge in [-0.1, -0.05) is 17.7 Å². The highest BCUT2D eigenvalue weighted by Gasteiger charge is 2.33. The van der Waals surface area contributed by atoms with Crippen LogP contribution in [0.25, 0.3) is 0 Å². The lowest BCUT2D eigenvalue weighted by Gasteiger charge is -2.21. The average Bonchev–Trinajstić information content (AvgIpc) is 2.42. The van der Waals surface area contributed by atoms with Crippen molar-refractivity contribution in [1.82, 2.24) is 5.32 Å². The highest BCUT2D eigenvalue weighted by molar-refractivity contribution is 6.31. The Kier molecular flexibility index (Phi) is 7.10. The van der Waals surface area contributed by atoms with Crippen molar-refractivity contribution >= 4 is 17.7 Å². The molecule has 0 aliphatic carbocycles. The number of hydrogen-bond donors (Lipinski definition) is 3. The first kappa shape index (κ1) is 21.5. The van der Waals surface area contributed by atoms with Gasteiger partial charge in [0.2, 0.25) is 0 Å². The number of aliphatic hydroxyl groups is 2. The number of amides is 1. The van der Waals surface area contributed by atoms with Crippen molar-refractivity contribution in [1.29, 1.82) is 0 Å². The van der Waals surface area contributed by atoms with Gasteiger partial charge in [0.25, 0.3) is 0 Å². The number of benzene rings is 1. The first-order valence-electron chi connectivity index (χ1n) is 7.51. The van der Waals surface area contributed by atoms with E-state index in [1.807, 2.05) is 0 Å². The molecule has 9 heteroatoms. The van der Waals surface area contributed by atoms with Gasteiger partial charge in [-0.15, -0.1) is 0 Å². The Labute approximate surface area is 148 Å². The third-order valence-electron chi connectivity index (χ3n) is 3.11. The van der Waals surface area contributed by atoms with E-state index >= 15 is 0 Å². The molecule has 3 N–H and O–H groups in total. The highest BCUT2D eigenvalue weighted by Crippen LogP contribution is 2.36. The number of carbonyl (C=O) groups is 1. The summed E-state index contributed by atoms with van der Waals surface area (Å²) in [5, 5.41) is 21.8. The van der Waals surface area contributed by atoms with E-state index in [1.165, 1.54) is 0 Å². The Hall–Kier alpha value is -1.51. The number of alkyl carbamates (subject to hydrolysis) is 1. The van der Waals surface area contributed by atoms with Crippen LogP contribution in [0.15, 0.2) is 18.2 Å². The number of halogens is 4. The fraction of sp³-hybridized carbons (Fsp3) is 0.562. The standard InChI is InChI=1S/C16H21ClF3NO4/c1-15(2,3)25-14(24)21-7-6-12(22)13(23)9-4-5-10(11(17)8-9)16(18,19)20/h4-5,8,12-13,22-23H,6-7H2,1-3H3,(H,21,24). The molecule has 0 aromatic heterocycles. The molecule has 0 fully saturated rings. The minimum absolute atomic E-state index is 0.0154. The number of carbonyl (C=O) groups excluding carboxylic acids is 1. The molecule has 0 heterocycles. The first-order chi connectivity index (χ1) is 11.3. The Balaban J connectivity index is 2.61. The zero-order valence-electron chi connectivity index (χ0n) is 14.0. The summed E-state index contributed by atoms with van der Waals surface area (Å²) in [6.45, 7) is 5.10. The molecule has 25 heavy (non-hydrogen) atoms. The molecule has 1 amide bonds. The molecule has 0 radical (unpaired) electrons. The zero-order valence-corrected chi connectivity index (χ0v) is 14.8. The van der Waals surface area contributed by atoms with E-state index in [9.17, 15) is 28.2 Å². The predicted octanol–water partition coefficient (Wildman–Crippen LogP) is 3.67. The third kappa shape index (κ3) is 7.09. The summed E-state index contributed by atoms with van der Waals surface area (Å²) >= 11 is 5.58. The van der Waals surface area contributed by atoms with E-state index in [0.717, 1.165) is 18.2 Å². The summed E-state index contributed by atoms with van der Waals surface area (Å²) in [5.74, 6) is 0. The molecule has 142 valence electrons. The van der Waals surface area contributed by atoms with Gasteiger partial charge in [0.15, 0.2) is 0 Å². The van der Waals surface area contributed by atoms with Gasteiger partial charge in [-0.25, -0.2) is 4.79 Å². The van der Waals surface area contributed by atoms with Crippen LogP contribution in [0.2, 0.25) is 5.02 Å². The number of hydrogen-bond acceptors (Lipinski definition) is 4. The van der Waals surface area contributed by atoms with Gasteiger partial charge in [-0.2, -0.15) is 13.2 Å². The highest BCUT2D eigenvalue weighted by atomic mass is 35.5. The number of alkyl halides is 3. The zero-order chi connectivity index (χ0) is 19.4. The van der Waals surface area contributed by atoms with Crippen LogP contribution < -0.4 is 5.32 Å². The Morgan fingerprint density at radius 1 is 1.28 bits per heavy atom. The van der Waals surface area contributed by atoms with E-state index < -0.39 is 40.7 Å². The van der Waals surface area contributed by atoms with Gasteiger partial charge >= 0.3 is 12.3 Å². The molecular weight excluding hydrogens is 363 g/mol. The Morgan fingerprint density at radius 2 is 1.88 bits per heavy atom. The fourth-order valence-electron chi connectivity index (χ4n) is 1.96. The summed E-state index contributed by atoms with van der Waals surface area (Å²) in [6.07, 6.45) is -8.05. The largest absolute Gasteiger partial charge is 0.444 e. The summed E-state index contributed by atoms with van der Waals surface area (Å²) in [4.78, 5) is 11.5. The second kappa shape index (κ2) is 8.25. The van der Waals surface area contributed by atoms with Crippen LogP contribution in [0, 0.1) is 0 Å². The lowest BCUT2D eigenvalue weighted by molar-refractivity contribution is -0.137. The maximum Gasteiger partial charge on any atom is 0.417 e. The van der Waals surface area contributed by atoms with Gasteiger partial charge in [0.1, 0.15) is 11.7 Å². The smallest absolute Gasteiger partial charge is 0.417 e. The van der Waals surface area contributed by atoms with Crippen molar-refractivity contribution in [3.63, 3.8) is 0 Å². The van der Waals surface area contributed by atoms with E-state index in [-0.39, 0.29) is 18.5 Å². The molecule has 0 aliphatic rings. The molecular formula is C16H21ClF3NO4. The fourth-order valence-corrected chi connectivity index (χ4v) is 2.26. The van der Waals surface area contributed by atoms with Crippen LogP contribution in [-0.2, 0) is 10.9 Å². The van der Waals surface area contributed by atoms with Crippen LogP contribution in [-0.4, -0.2) is 34.6 Å². The van der Waals surface area contributed by atoms with Crippen LogP contribution in [0.3, 0.4) is 0 Å². The minimum Gasteiger partial charge on any atom is -0.444 e. The first-order valence-corrected chi connectivity index (χ1v) is 7.88. The second-order valence-corrected chi connectivity index (χ2v) is 6.87. The summed E-state index contributed by atoms with van der Waals surface area (Å²) in [7, 11) is 0. The molecule has 0 bridgehead atoms. The molecule has 0 saturated carbocycles. The van der Waals surface area contributed by atoms with E-state index in [2.05, 4.69) is 5.32 Å². The van der Waals surface area contributed by atoms with Crippen molar-refractivity contribution in [2.75, 3.05) is 6.54 Å². The Bertz CT molecular complexity index is 602. The average molecular weight is 384 g/mol. The van der Waals surface area contributed by atoms with Gasteiger partial charge in [-0.05, 0) is 44.9 Å². The quantitative estimate of drug-likeness (QED) is 0.725. The van der Waals surface area contributed by atoms with Crippen molar-refractivity contribution in [2.24, 2.45) is 0 Å². The van der Waals surface area contributed by atoms with Gasteiger partial charge in [0.05, 0.1) is 16.7 Å². The van der Waals surface area contributed by atoms with Crippen molar-refractivity contribution < 1.29 is 32.9 Å². The van der Waals surface area contributed by atoms with Gasteiger partial charge in [0, 0.05) is 6.54 Å². The number of ether oxygens (including phenoxy) is 1. The normalized spacial score (nSPS) is 14.8. The molecule has 0 spiro atoms. The van der Waals surface area contributed by atoms with Gasteiger partial charge in [-0.3, -0.25) is 0 Å². The lowest BCUT2D eigenvalue weighted by Crippen LogP contribution is -2.34. The van der Waals surface area contributed by atoms with Crippen molar-refractivity contribution in [2.45, 2.75) is 51.2 Å². The van der Waals surface area contributed by atoms with Gasteiger partial charge < -0.3 is 20.3 Å². The predicted molar refractivity (Wildman–Crippen MR) is 86.3 cm³/mol. The molecule has 0 aliphatic heterocycles. The Morgan fingerprint density at radius 3 is 2.36 bits per heavy atom.